The van der Waals surface area contributed by atoms with Crippen molar-refractivity contribution < 1.29 is 19.1 Å². The summed E-state index contributed by atoms with van der Waals surface area (Å²) in [5.74, 6) is -0.987. The number of benzene rings is 1. The van der Waals surface area contributed by atoms with Crippen LogP contribution in [0.5, 0.6) is 0 Å². The minimum atomic E-state index is -0.850. The monoisotopic (exact) mass is 276 g/mol. The van der Waals surface area contributed by atoms with E-state index in [-0.39, 0.29) is 13.0 Å². The van der Waals surface area contributed by atoms with Gasteiger partial charge in [0.05, 0.1) is 18.7 Å². The fraction of sp³-hybridized carbons (Fsp3) is 0.357. The molecule has 0 aliphatic carbocycles. The van der Waals surface area contributed by atoms with E-state index in [9.17, 15) is 9.59 Å². The number of amides is 1. The van der Waals surface area contributed by atoms with Gasteiger partial charge in [0, 0.05) is 13.5 Å². The third-order valence-electron chi connectivity index (χ3n) is 2.66. The van der Waals surface area contributed by atoms with Crippen molar-refractivity contribution in [1.29, 1.82) is 5.26 Å². The standard InChI is InChI=1S/C14H16N2O4/c1-19-9-13(17)16-12(14(18)20-2)7-10-5-3-4-6-11(10)8-15/h3-6,12H,7,9H2,1-2H3,(H,16,17)/t12-/m0/s1. The van der Waals surface area contributed by atoms with Crippen molar-refractivity contribution in [2.75, 3.05) is 20.8 Å². The molecular formula is C14H16N2O4. The lowest BCUT2D eigenvalue weighted by Gasteiger charge is -2.17. The van der Waals surface area contributed by atoms with E-state index < -0.39 is 17.9 Å². The zero-order chi connectivity index (χ0) is 15.0. The van der Waals surface area contributed by atoms with Crippen molar-refractivity contribution >= 4 is 11.9 Å². The highest BCUT2D eigenvalue weighted by Crippen LogP contribution is 2.11. The normalized spacial score (nSPS) is 11.2. The summed E-state index contributed by atoms with van der Waals surface area (Å²) in [5.41, 5.74) is 1.13. The van der Waals surface area contributed by atoms with Gasteiger partial charge < -0.3 is 14.8 Å². The quantitative estimate of drug-likeness (QED) is 0.760. The molecule has 0 unspecified atom stereocenters. The maximum absolute atomic E-state index is 11.7. The maximum Gasteiger partial charge on any atom is 0.328 e. The molecule has 0 bridgehead atoms. The van der Waals surface area contributed by atoms with E-state index >= 15 is 0 Å². The summed E-state index contributed by atoms with van der Waals surface area (Å²) in [4.78, 5) is 23.2. The van der Waals surface area contributed by atoms with Crippen molar-refractivity contribution in [3.63, 3.8) is 0 Å². The molecule has 1 rings (SSSR count). The minimum absolute atomic E-state index is 0.145. The van der Waals surface area contributed by atoms with Gasteiger partial charge in [0.2, 0.25) is 5.91 Å². The summed E-state index contributed by atoms with van der Waals surface area (Å²) in [6.07, 6.45) is 0.186. The van der Waals surface area contributed by atoms with E-state index in [1.165, 1.54) is 14.2 Å². The maximum atomic E-state index is 11.7. The van der Waals surface area contributed by atoms with E-state index in [1.807, 2.05) is 6.07 Å². The first kappa shape index (κ1) is 15.7. The van der Waals surface area contributed by atoms with Gasteiger partial charge in [-0.3, -0.25) is 4.79 Å². The third kappa shape index (κ3) is 4.37. The van der Waals surface area contributed by atoms with E-state index in [2.05, 4.69) is 10.1 Å². The average Bonchev–Trinajstić information content (AvgIpc) is 2.46. The molecule has 106 valence electrons. The number of ether oxygens (including phenoxy) is 2. The minimum Gasteiger partial charge on any atom is -0.467 e. The van der Waals surface area contributed by atoms with E-state index in [0.29, 0.717) is 11.1 Å². The molecule has 1 aromatic rings. The van der Waals surface area contributed by atoms with Crippen LogP contribution in [0.4, 0.5) is 0 Å². The number of nitriles is 1. The van der Waals surface area contributed by atoms with Crippen LogP contribution in [0.15, 0.2) is 24.3 Å². The Kier molecular flexibility index (Phi) is 6.20. The van der Waals surface area contributed by atoms with Crippen molar-refractivity contribution in [3.05, 3.63) is 35.4 Å². The number of rotatable bonds is 6. The highest BCUT2D eigenvalue weighted by molar-refractivity contribution is 5.85. The molecule has 0 aliphatic rings. The van der Waals surface area contributed by atoms with Crippen molar-refractivity contribution in [2.24, 2.45) is 0 Å². The molecule has 20 heavy (non-hydrogen) atoms. The van der Waals surface area contributed by atoms with Crippen LogP contribution in [0.1, 0.15) is 11.1 Å². The molecule has 1 aromatic carbocycles. The molecule has 6 nitrogen and oxygen atoms in total. The Morgan fingerprint density at radius 2 is 2.05 bits per heavy atom. The van der Waals surface area contributed by atoms with Gasteiger partial charge in [0.1, 0.15) is 12.6 Å². The Hall–Kier alpha value is -2.39. The van der Waals surface area contributed by atoms with Crippen LogP contribution >= 0.6 is 0 Å². The van der Waals surface area contributed by atoms with Gasteiger partial charge in [-0.05, 0) is 11.6 Å². The van der Waals surface area contributed by atoms with Crippen LogP contribution in [0.25, 0.3) is 0 Å². The fourth-order valence-electron chi connectivity index (χ4n) is 1.73. The van der Waals surface area contributed by atoms with Crippen molar-refractivity contribution in [2.45, 2.75) is 12.5 Å². The number of hydrogen-bond acceptors (Lipinski definition) is 5. The number of nitrogens with one attached hydrogen (secondary N) is 1. The number of hydrogen-bond donors (Lipinski definition) is 1. The number of esters is 1. The smallest absolute Gasteiger partial charge is 0.328 e. The lowest BCUT2D eigenvalue weighted by molar-refractivity contribution is -0.145. The second-order valence-electron chi connectivity index (χ2n) is 4.05. The first-order valence-electron chi connectivity index (χ1n) is 5.96. The zero-order valence-corrected chi connectivity index (χ0v) is 11.4. The number of methoxy groups -OCH3 is 2. The Morgan fingerprint density at radius 1 is 1.35 bits per heavy atom. The Labute approximate surface area is 117 Å². The van der Waals surface area contributed by atoms with Crippen LogP contribution in [-0.2, 0) is 25.5 Å². The first-order valence-corrected chi connectivity index (χ1v) is 5.96. The summed E-state index contributed by atoms with van der Waals surface area (Å²) in [5, 5.41) is 11.5. The topological polar surface area (TPSA) is 88.4 Å². The molecule has 1 N–H and O–H groups in total. The van der Waals surface area contributed by atoms with Crippen molar-refractivity contribution in [1.82, 2.24) is 5.32 Å². The first-order chi connectivity index (χ1) is 9.62. The Morgan fingerprint density at radius 3 is 2.65 bits per heavy atom. The summed E-state index contributed by atoms with van der Waals surface area (Å²) in [7, 11) is 2.63. The molecule has 1 atom stereocenters. The van der Waals surface area contributed by atoms with Gasteiger partial charge in [0.15, 0.2) is 0 Å². The molecule has 0 aromatic heterocycles. The van der Waals surface area contributed by atoms with Gasteiger partial charge >= 0.3 is 5.97 Å². The Balaban J connectivity index is 2.87. The highest BCUT2D eigenvalue weighted by atomic mass is 16.5. The Bertz CT molecular complexity index is 522. The van der Waals surface area contributed by atoms with Crippen LogP contribution < -0.4 is 5.32 Å². The molecule has 0 radical (unpaired) electrons. The van der Waals surface area contributed by atoms with Crippen molar-refractivity contribution in [3.8, 4) is 6.07 Å². The highest BCUT2D eigenvalue weighted by Gasteiger charge is 2.22. The largest absolute Gasteiger partial charge is 0.467 e. The average molecular weight is 276 g/mol. The van der Waals surface area contributed by atoms with Crippen LogP contribution in [0, 0.1) is 11.3 Å². The third-order valence-corrected chi connectivity index (χ3v) is 2.66. The van der Waals surface area contributed by atoms with E-state index in [0.717, 1.165) is 0 Å². The summed E-state index contributed by atoms with van der Waals surface area (Å²) >= 11 is 0. The number of nitrogens with zero attached hydrogens (tertiary/aromatic N) is 1. The van der Waals surface area contributed by atoms with E-state index in [1.54, 1.807) is 24.3 Å². The van der Waals surface area contributed by atoms with Gasteiger partial charge in [-0.25, -0.2) is 4.79 Å². The molecule has 1 amide bonds. The molecule has 0 saturated carbocycles. The number of carbonyl (C=O) groups is 2. The van der Waals surface area contributed by atoms with Crippen LogP contribution in [0.3, 0.4) is 0 Å². The van der Waals surface area contributed by atoms with Gasteiger partial charge in [-0.2, -0.15) is 5.26 Å². The molecular weight excluding hydrogens is 260 g/mol. The van der Waals surface area contributed by atoms with Crippen LogP contribution in [0.2, 0.25) is 0 Å². The molecule has 0 heterocycles. The summed E-state index contributed by atoms with van der Waals surface area (Å²) in [6, 6.07) is 8.08. The second kappa shape index (κ2) is 7.92. The van der Waals surface area contributed by atoms with E-state index in [4.69, 9.17) is 10.00 Å². The molecule has 0 fully saturated rings. The number of carbonyl (C=O) groups excluding carboxylic acids is 2. The molecule has 0 spiro atoms. The molecule has 0 saturated heterocycles. The van der Waals surface area contributed by atoms with Gasteiger partial charge in [0.25, 0.3) is 0 Å². The zero-order valence-electron chi connectivity index (χ0n) is 11.4. The lowest BCUT2D eigenvalue weighted by atomic mass is 10.0. The summed E-state index contributed by atoms with van der Waals surface area (Å²) < 4.78 is 9.36. The van der Waals surface area contributed by atoms with Gasteiger partial charge in [-0.1, -0.05) is 18.2 Å². The predicted molar refractivity (Wildman–Crippen MR) is 70.7 cm³/mol. The second-order valence-corrected chi connectivity index (χ2v) is 4.05. The SMILES string of the molecule is COCC(=O)N[C@@H](Cc1ccccc1C#N)C(=O)OC. The van der Waals surface area contributed by atoms with Gasteiger partial charge in [-0.15, -0.1) is 0 Å². The predicted octanol–water partition coefficient (Wildman–Crippen LogP) is 0.405. The fourth-order valence-corrected chi connectivity index (χ4v) is 1.73. The van der Waals surface area contributed by atoms with Crippen LogP contribution in [-0.4, -0.2) is 38.7 Å². The summed E-state index contributed by atoms with van der Waals surface area (Å²) in [6.45, 7) is -0.145. The molecule has 0 aliphatic heterocycles. The lowest BCUT2D eigenvalue weighted by Crippen LogP contribution is -2.44. The molecule has 6 heteroatoms.